The number of nitriles is 1. The molecule has 1 amide bonds. The molecule has 1 saturated heterocycles. The van der Waals surface area contributed by atoms with Crippen LogP contribution in [0.4, 0.5) is 5.82 Å². The number of amidine groups is 1. The van der Waals surface area contributed by atoms with Gasteiger partial charge in [0, 0.05) is 31.7 Å². The third-order valence-corrected chi connectivity index (χ3v) is 6.15. The largest absolute Gasteiger partial charge is 0.368 e. The Morgan fingerprint density at radius 2 is 2.13 bits per heavy atom. The number of carbonyl (C=O) groups is 1. The number of hydrogen-bond acceptors (Lipinski definition) is 5. The van der Waals surface area contributed by atoms with E-state index >= 15 is 0 Å². The van der Waals surface area contributed by atoms with Gasteiger partial charge in [-0.1, -0.05) is 31.4 Å². The number of aromatic nitrogens is 2. The van der Waals surface area contributed by atoms with E-state index in [-0.39, 0.29) is 6.04 Å². The highest BCUT2D eigenvalue weighted by Gasteiger charge is 2.31. The van der Waals surface area contributed by atoms with Gasteiger partial charge in [0.2, 0.25) is 0 Å². The van der Waals surface area contributed by atoms with Crippen LogP contribution in [-0.4, -0.2) is 58.1 Å². The third-order valence-electron chi connectivity index (χ3n) is 6.15. The van der Waals surface area contributed by atoms with Crippen LogP contribution in [0.5, 0.6) is 0 Å². The van der Waals surface area contributed by atoms with Crippen LogP contribution in [0.2, 0.25) is 0 Å². The number of carbonyl (C=O) groups excluding carboxylic acids is 1. The summed E-state index contributed by atoms with van der Waals surface area (Å²) in [4.78, 5) is 20.1. The molecule has 2 atom stereocenters. The molecule has 2 aliphatic rings. The molecule has 1 aliphatic heterocycles. The molecule has 2 N–H and O–H groups in total. The molecular formula is C23H35N7O. The Balaban J connectivity index is 1.70. The molecule has 0 bridgehead atoms. The number of aryl methyl sites for hydroxylation is 1. The van der Waals surface area contributed by atoms with E-state index in [1.165, 1.54) is 32.1 Å². The summed E-state index contributed by atoms with van der Waals surface area (Å²) < 4.78 is 1.56. The molecule has 0 radical (unpaired) electrons. The maximum absolute atomic E-state index is 12.9. The molecule has 2 heterocycles. The molecule has 168 valence electrons. The molecule has 1 aliphatic carbocycles. The van der Waals surface area contributed by atoms with Gasteiger partial charge in [-0.25, -0.2) is 0 Å². The van der Waals surface area contributed by atoms with Crippen LogP contribution in [0, 0.1) is 17.2 Å². The summed E-state index contributed by atoms with van der Waals surface area (Å²) in [5.74, 6) is -0.440. The molecule has 1 aromatic rings. The maximum atomic E-state index is 12.9. The first-order valence-corrected chi connectivity index (χ1v) is 11.4. The van der Waals surface area contributed by atoms with Gasteiger partial charge in [0.1, 0.15) is 11.7 Å². The fourth-order valence-electron chi connectivity index (χ4n) is 4.49. The van der Waals surface area contributed by atoms with E-state index in [0.717, 1.165) is 31.5 Å². The van der Waals surface area contributed by atoms with Crippen molar-refractivity contribution < 1.29 is 4.79 Å². The van der Waals surface area contributed by atoms with Crippen LogP contribution in [-0.2, 0) is 11.8 Å². The van der Waals surface area contributed by atoms with Crippen molar-refractivity contribution in [1.29, 1.82) is 5.26 Å². The van der Waals surface area contributed by atoms with Crippen LogP contribution in [0.15, 0.2) is 29.4 Å². The number of rotatable bonds is 7. The lowest BCUT2D eigenvalue weighted by Crippen LogP contribution is -2.53. The molecular weight excluding hydrogens is 390 g/mol. The van der Waals surface area contributed by atoms with Crippen molar-refractivity contribution in [1.82, 2.24) is 20.0 Å². The molecule has 0 aromatic carbocycles. The second-order valence-electron chi connectivity index (χ2n) is 8.82. The molecule has 2 unspecified atom stereocenters. The van der Waals surface area contributed by atoms with E-state index in [9.17, 15) is 10.1 Å². The first-order chi connectivity index (χ1) is 15.0. The highest BCUT2D eigenvalue weighted by molar-refractivity contribution is 6.10. The van der Waals surface area contributed by atoms with Crippen molar-refractivity contribution in [2.75, 3.05) is 25.0 Å². The van der Waals surface area contributed by atoms with E-state index in [0.29, 0.717) is 24.2 Å². The van der Waals surface area contributed by atoms with Crippen LogP contribution in [0.25, 0.3) is 0 Å². The first-order valence-electron chi connectivity index (χ1n) is 11.4. The van der Waals surface area contributed by atoms with Gasteiger partial charge >= 0.3 is 0 Å². The number of anilines is 1. The van der Waals surface area contributed by atoms with Gasteiger partial charge in [0.15, 0.2) is 5.92 Å². The Kier molecular flexibility index (Phi) is 8.24. The molecule has 3 rings (SSSR count). The predicted molar refractivity (Wildman–Crippen MR) is 123 cm³/mol. The third kappa shape index (κ3) is 6.41. The van der Waals surface area contributed by atoms with Crippen LogP contribution in [0.1, 0.15) is 51.9 Å². The fraction of sp³-hybridized carbons (Fsp3) is 0.652. The van der Waals surface area contributed by atoms with Crippen molar-refractivity contribution in [2.24, 2.45) is 18.0 Å². The lowest BCUT2D eigenvalue weighted by molar-refractivity contribution is -0.116. The van der Waals surface area contributed by atoms with Gasteiger partial charge in [-0.05, 0) is 39.2 Å². The summed E-state index contributed by atoms with van der Waals surface area (Å²) in [6.45, 7) is 8.25. The van der Waals surface area contributed by atoms with Crippen LogP contribution < -0.4 is 10.6 Å². The van der Waals surface area contributed by atoms with Gasteiger partial charge in [0.05, 0.1) is 18.8 Å². The van der Waals surface area contributed by atoms with Crippen molar-refractivity contribution >= 4 is 17.6 Å². The zero-order valence-corrected chi connectivity index (χ0v) is 18.8. The normalized spacial score (nSPS) is 21.8. The number of piperidine rings is 1. The SMILES string of the molecule is C=C(C)CN=C(NC1CCCN(C2CCCCC2)C1)C(C#N)C(=O)Nc1ccnn1C. The maximum Gasteiger partial charge on any atom is 0.250 e. The zero-order chi connectivity index (χ0) is 22.2. The summed E-state index contributed by atoms with van der Waals surface area (Å²) >= 11 is 0. The minimum absolute atomic E-state index is 0.180. The number of hydrogen-bond donors (Lipinski definition) is 2. The van der Waals surface area contributed by atoms with E-state index in [2.05, 4.69) is 38.3 Å². The number of amides is 1. The molecule has 2 fully saturated rings. The Bertz CT molecular complexity index is 831. The van der Waals surface area contributed by atoms with Gasteiger partial charge in [-0.15, -0.1) is 0 Å². The van der Waals surface area contributed by atoms with E-state index in [1.54, 1.807) is 24.0 Å². The quantitative estimate of drug-likeness (QED) is 0.398. The smallest absolute Gasteiger partial charge is 0.250 e. The number of nitrogens with zero attached hydrogens (tertiary/aromatic N) is 5. The van der Waals surface area contributed by atoms with Gasteiger partial charge in [-0.3, -0.25) is 19.4 Å². The summed E-state index contributed by atoms with van der Waals surface area (Å²) in [7, 11) is 1.74. The minimum Gasteiger partial charge on any atom is -0.368 e. The minimum atomic E-state index is -1.01. The average Bonchev–Trinajstić information content (AvgIpc) is 3.17. The molecule has 8 heteroatoms. The number of likely N-dealkylation sites (tertiary alicyclic amines) is 1. The number of nitrogens with one attached hydrogen (secondary N) is 2. The van der Waals surface area contributed by atoms with Crippen molar-refractivity contribution in [3.8, 4) is 6.07 Å². The Morgan fingerprint density at radius 1 is 1.35 bits per heavy atom. The standard InChI is InChI=1S/C23H35N7O/c1-17(2)15-25-22(20(14-24)23(31)28-21-11-12-26-29(21)3)27-18-8-7-13-30(16-18)19-9-5-4-6-10-19/h11-12,18-20H,1,4-10,13,15-16H2,2-3H3,(H,25,27)(H,28,31). The van der Waals surface area contributed by atoms with Gasteiger partial charge in [-0.2, -0.15) is 10.4 Å². The molecule has 0 spiro atoms. The first kappa shape index (κ1) is 23.0. The molecule has 8 nitrogen and oxygen atoms in total. The fourth-order valence-corrected chi connectivity index (χ4v) is 4.49. The van der Waals surface area contributed by atoms with Crippen molar-refractivity contribution in [2.45, 2.75) is 64.0 Å². The zero-order valence-electron chi connectivity index (χ0n) is 18.8. The highest BCUT2D eigenvalue weighted by Crippen LogP contribution is 2.25. The second-order valence-corrected chi connectivity index (χ2v) is 8.82. The van der Waals surface area contributed by atoms with Crippen LogP contribution in [0.3, 0.4) is 0 Å². The van der Waals surface area contributed by atoms with Crippen molar-refractivity contribution in [3.05, 3.63) is 24.4 Å². The summed E-state index contributed by atoms with van der Waals surface area (Å²) in [5, 5.41) is 20.2. The Labute approximate surface area is 185 Å². The molecule has 31 heavy (non-hydrogen) atoms. The molecule has 1 saturated carbocycles. The summed E-state index contributed by atoms with van der Waals surface area (Å²) in [6, 6.07) is 4.69. The molecule has 1 aromatic heterocycles. The van der Waals surface area contributed by atoms with E-state index < -0.39 is 11.8 Å². The summed E-state index contributed by atoms with van der Waals surface area (Å²) in [5.41, 5.74) is 0.885. The lowest BCUT2D eigenvalue weighted by Gasteiger charge is -2.40. The van der Waals surface area contributed by atoms with Gasteiger partial charge in [0.25, 0.3) is 5.91 Å². The van der Waals surface area contributed by atoms with Crippen molar-refractivity contribution in [3.63, 3.8) is 0 Å². The Morgan fingerprint density at radius 3 is 2.77 bits per heavy atom. The van der Waals surface area contributed by atoms with E-state index in [1.807, 2.05) is 6.92 Å². The monoisotopic (exact) mass is 425 g/mol. The van der Waals surface area contributed by atoms with E-state index in [4.69, 9.17) is 0 Å². The average molecular weight is 426 g/mol. The predicted octanol–water partition coefficient (Wildman–Crippen LogP) is 2.86. The highest BCUT2D eigenvalue weighted by atomic mass is 16.2. The number of aliphatic imine (C=N–C) groups is 1. The summed E-state index contributed by atoms with van der Waals surface area (Å²) in [6.07, 6.45) is 10.3. The van der Waals surface area contributed by atoms with Crippen LogP contribution >= 0.6 is 0 Å². The lowest BCUT2D eigenvalue weighted by atomic mass is 9.92. The second kappa shape index (κ2) is 11.1. The Hall–Kier alpha value is -2.66. The van der Waals surface area contributed by atoms with Gasteiger partial charge < -0.3 is 10.6 Å². The topological polar surface area (TPSA) is 98.3 Å².